The van der Waals surface area contributed by atoms with E-state index in [1.807, 2.05) is 17.6 Å². The summed E-state index contributed by atoms with van der Waals surface area (Å²) in [6.07, 6.45) is 0. The van der Waals surface area contributed by atoms with Crippen LogP contribution in [-0.2, 0) is 12.3 Å². The Kier molecular flexibility index (Phi) is 5.08. The number of fused-ring (bicyclic) bond motifs is 1. The first-order chi connectivity index (χ1) is 13.7. The van der Waals surface area contributed by atoms with Crippen molar-refractivity contribution in [2.45, 2.75) is 24.4 Å². The van der Waals surface area contributed by atoms with Crippen LogP contribution in [0.5, 0.6) is 0 Å². The number of hydrogen-bond donors (Lipinski definition) is 0. The van der Waals surface area contributed by atoms with Crippen molar-refractivity contribution >= 4 is 28.2 Å². The first-order valence-corrected chi connectivity index (χ1v) is 9.93. The molecule has 0 radical (unpaired) electrons. The van der Waals surface area contributed by atoms with Gasteiger partial charge in [-0.05, 0) is 35.4 Å². The number of non-ortho nitro benzene ring substituents is 1. The highest BCUT2D eigenvalue weighted by molar-refractivity contribution is 7.98. The average molecular weight is 390 g/mol. The maximum atomic E-state index is 10.9. The molecule has 28 heavy (non-hydrogen) atoms. The third kappa shape index (κ3) is 3.48. The normalized spacial score (nSPS) is 11.0. The molecule has 0 aliphatic rings. The van der Waals surface area contributed by atoms with Gasteiger partial charge in [0, 0.05) is 30.0 Å². The van der Waals surface area contributed by atoms with Crippen LogP contribution in [0.1, 0.15) is 12.5 Å². The van der Waals surface area contributed by atoms with Gasteiger partial charge in [-0.2, -0.15) is 0 Å². The number of thioether (sulfide) groups is 1. The van der Waals surface area contributed by atoms with Crippen molar-refractivity contribution in [2.75, 3.05) is 0 Å². The summed E-state index contributed by atoms with van der Waals surface area (Å²) in [5.41, 5.74) is 2.14. The summed E-state index contributed by atoms with van der Waals surface area (Å²) in [5.74, 6) is 1.51. The third-order valence-corrected chi connectivity index (χ3v) is 5.62. The van der Waals surface area contributed by atoms with E-state index in [0.29, 0.717) is 0 Å². The summed E-state index contributed by atoms with van der Waals surface area (Å²) >= 11 is 1.64. The minimum absolute atomic E-state index is 0.0665. The predicted molar refractivity (Wildman–Crippen MR) is 111 cm³/mol. The largest absolute Gasteiger partial charge is 0.302 e. The molecule has 0 atom stereocenters. The highest BCUT2D eigenvalue weighted by atomic mass is 32.2. The van der Waals surface area contributed by atoms with Gasteiger partial charge in [0.1, 0.15) is 0 Å². The number of nitro groups is 1. The van der Waals surface area contributed by atoms with Gasteiger partial charge in [0.15, 0.2) is 11.0 Å². The molecule has 0 fully saturated rings. The van der Waals surface area contributed by atoms with Crippen molar-refractivity contribution in [3.05, 3.63) is 82.4 Å². The third-order valence-electron chi connectivity index (χ3n) is 4.61. The van der Waals surface area contributed by atoms with E-state index in [1.165, 1.54) is 28.5 Å². The van der Waals surface area contributed by atoms with Gasteiger partial charge in [-0.25, -0.2) is 0 Å². The molecule has 0 unspecified atom stereocenters. The molecule has 0 saturated heterocycles. The first kappa shape index (κ1) is 18.2. The summed E-state index contributed by atoms with van der Waals surface area (Å²) < 4.78 is 2.04. The Hall–Kier alpha value is -3.19. The van der Waals surface area contributed by atoms with Gasteiger partial charge >= 0.3 is 0 Å². The summed E-state index contributed by atoms with van der Waals surface area (Å²) in [7, 11) is 0. The summed E-state index contributed by atoms with van der Waals surface area (Å²) in [6, 6.07) is 21.1. The summed E-state index contributed by atoms with van der Waals surface area (Å²) in [4.78, 5) is 10.5. The SMILES string of the molecule is CCn1c(SCc2cccc3ccccc23)nnc1-c1ccc([N+](=O)[O-])cc1. The van der Waals surface area contributed by atoms with Crippen LogP contribution in [0, 0.1) is 10.1 Å². The Morgan fingerprint density at radius 2 is 1.75 bits per heavy atom. The maximum absolute atomic E-state index is 10.9. The number of hydrogen-bond acceptors (Lipinski definition) is 5. The van der Waals surface area contributed by atoms with Crippen LogP contribution in [0.15, 0.2) is 71.9 Å². The molecule has 140 valence electrons. The zero-order valence-electron chi connectivity index (χ0n) is 15.3. The molecule has 1 aromatic heterocycles. The fourth-order valence-corrected chi connectivity index (χ4v) is 4.19. The van der Waals surface area contributed by atoms with Crippen molar-refractivity contribution in [1.82, 2.24) is 14.8 Å². The highest BCUT2D eigenvalue weighted by Crippen LogP contribution is 2.29. The Morgan fingerprint density at radius 1 is 1.00 bits per heavy atom. The Balaban J connectivity index is 1.60. The smallest absolute Gasteiger partial charge is 0.269 e. The molecule has 0 amide bonds. The van der Waals surface area contributed by atoms with E-state index in [0.717, 1.165) is 28.8 Å². The van der Waals surface area contributed by atoms with Gasteiger partial charge < -0.3 is 4.57 Å². The summed E-state index contributed by atoms with van der Waals surface area (Å²) in [5, 5.41) is 22.9. The van der Waals surface area contributed by atoms with Crippen molar-refractivity contribution < 1.29 is 4.92 Å². The lowest BCUT2D eigenvalue weighted by Gasteiger charge is -2.09. The molecule has 0 aliphatic heterocycles. The van der Waals surface area contributed by atoms with Crippen LogP contribution in [0.2, 0.25) is 0 Å². The molecular formula is C21H18N4O2S. The lowest BCUT2D eigenvalue weighted by atomic mass is 10.1. The second kappa shape index (κ2) is 7.82. The molecule has 0 spiro atoms. The van der Waals surface area contributed by atoms with E-state index < -0.39 is 4.92 Å². The van der Waals surface area contributed by atoms with Crippen LogP contribution in [0.4, 0.5) is 5.69 Å². The number of benzene rings is 3. The lowest BCUT2D eigenvalue weighted by Crippen LogP contribution is -2.00. The molecule has 0 saturated carbocycles. The van der Waals surface area contributed by atoms with Crippen LogP contribution < -0.4 is 0 Å². The van der Waals surface area contributed by atoms with E-state index in [2.05, 4.69) is 46.6 Å². The van der Waals surface area contributed by atoms with Crippen LogP contribution >= 0.6 is 11.8 Å². The highest BCUT2D eigenvalue weighted by Gasteiger charge is 2.15. The van der Waals surface area contributed by atoms with E-state index in [1.54, 1.807) is 23.9 Å². The van der Waals surface area contributed by atoms with E-state index in [9.17, 15) is 10.1 Å². The maximum Gasteiger partial charge on any atom is 0.269 e. The number of rotatable bonds is 6. The molecule has 0 N–H and O–H groups in total. The molecule has 4 aromatic rings. The Labute approximate surface area is 166 Å². The van der Waals surface area contributed by atoms with Crippen LogP contribution in [-0.4, -0.2) is 19.7 Å². The second-order valence-electron chi connectivity index (χ2n) is 6.28. The second-order valence-corrected chi connectivity index (χ2v) is 7.22. The number of aromatic nitrogens is 3. The fourth-order valence-electron chi connectivity index (χ4n) is 3.19. The fraction of sp³-hybridized carbons (Fsp3) is 0.143. The zero-order valence-corrected chi connectivity index (χ0v) is 16.1. The van der Waals surface area contributed by atoms with E-state index >= 15 is 0 Å². The molecule has 0 aliphatic carbocycles. The van der Waals surface area contributed by atoms with Crippen molar-refractivity contribution in [3.8, 4) is 11.4 Å². The first-order valence-electron chi connectivity index (χ1n) is 8.95. The monoisotopic (exact) mass is 390 g/mol. The van der Waals surface area contributed by atoms with Gasteiger partial charge in [0.25, 0.3) is 5.69 Å². The van der Waals surface area contributed by atoms with Crippen molar-refractivity contribution in [3.63, 3.8) is 0 Å². The van der Waals surface area contributed by atoms with Crippen LogP contribution in [0.25, 0.3) is 22.2 Å². The molecule has 6 nitrogen and oxygen atoms in total. The minimum atomic E-state index is -0.403. The number of nitro benzene ring substituents is 1. The Morgan fingerprint density at radius 3 is 2.50 bits per heavy atom. The van der Waals surface area contributed by atoms with Gasteiger partial charge in [-0.3, -0.25) is 10.1 Å². The van der Waals surface area contributed by atoms with E-state index in [4.69, 9.17) is 0 Å². The van der Waals surface area contributed by atoms with E-state index in [-0.39, 0.29) is 5.69 Å². The van der Waals surface area contributed by atoms with Gasteiger partial charge in [0.2, 0.25) is 0 Å². The average Bonchev–Trinajstić information content (AvgIpc) is 3.15. The zero-order chi connectivity index (χ0) is 19.5. The topological polar surface area (TPSA) is 73.8 Å². The summed E-state index contributed by atoms with van der Waals surface area (Å²) in [6.45, 7) is 2.76. The van der Waals surface area contributed by atoms with Gasteiger partial charge in [0.05, 0.1) is 4.92 Å². The quantitative estimate of drug-likeness (QED) is 0.253. The predicted octanol–water partition coefficient (Wildman–Crippen LogP) is 5.32. The van der Waals surface area contributed by atoms with Gasteiger partial charge in [-0.1, -0.05) is 54.2 Å². The molecule has 1 heterocycles. The van der Waals surface area contributed by atoms with Gasteiger partial charge in [-0.15, -0.1) is 10.2 Å². The standard InChI is InChI=1S/C21H18N4O2S/c1-2-24-20(16-10-12-18(13-11-16)25(26)27)22-23-21(24)28-14-17-8-5-7-15-6-3-4-9-19(15)17/h3-13H,2,14H2,1H3. The Bertz CT molecular complexity index is 1130. The number of nitrogens with zero attached hydrogens (tertiary/aromatic N) is 4. The molecule has 4 rings (SSSR count). The lowest BCUT2D eigenvalue weighted by molar-refractivity contribution is -0.384. The van der Waals surface area contributed by atoms with Crippen molar-refractivity contribution in [1.29, 1.82) is 0 Å². The molecule has 3 aromatic carbocycles. The van der Waals surface area contributed by atoms with Crippen molar-refractivity contribution in [2.24, 2.45) is 0 Å². The minimum Gasteiger partial charge on any atom is -0.302 e. The van der Waals surface area contributed by atoms with Crippen LogP contribution in [0.3, 0.4) is 0 Å². The molecular weight excluding hydrogens is 372 g/mol. The molecule has 7 heteroatoms. The molecule has 0 bridgehead atoms.